The van der Waals surface area contributed by atoms with Gasteiger partial charge in [0.05, 0.1) is 24.5 Å². The summed E-state index contributed by atoms with van der Waals surface area (Å²) in [6.07, 6.45) is 2.08. The molecule has 0 unspecified atom stereocenters. The molecule has 0 spiro atoms. The lowest BCUT2D eigenvalue weighted by molar-refractivity contribution is 0.0831. The van der Waals surface area contributed by atoms with Crippen LogP contribution >= 0.6 is 22.9 Å². The Kier molecular flexibility index (Phi) is 5.93. The Morgan fingerprint density at radius 1 is 1.44 bits per heavy atom. The average molecular weight is 411 g/mol. The highest BCUT2D eigenvalue weighted by atomic mass is 35.5. The first-order valence-corrected chi connectivity index (χ1v) is 9.45. The van der Waals surface area contributed by atoms with Crippen LogP contribution in [0.25, 0.3) is 0 Å². The van der Waals surface area contributed by atoms with Crippen molar-refractivity contribution in [2.24, 2.45) is 0 Å². The monoisotopic (exact) mass is 410 g/mol. The van der Waals surface area contributed by atoms with E-state index in [-0.39, 0.29) is 28.5 Å². The van der Waals surface area contributed by atoms with Crippen molar-refractivity contribution < 1.29 is 19.1 Å². The summed E-state index contributed by atoms with van der Waals surface area (Å²) in [5.74, 6) is -0.307. The first-order valence-electron chi connectivity index (χ1n) is 8.25. The Labute approximate surface area is 165 Å². The van der Waals surface area contributed by atoms with E-state index in [9.17, 15) is 9.59 Å². The van der Waals surface area contributed by atoms with Gasteiger partial charge in [0, 0.05) is 26.7 Å². The third kappa shape index (κ3) is 4.55. The topological polar surface area (TPSA) is 93.6 Å². The molecule has 0 bridgehead atoms. The zero-order valence-electron chi connectivity index (χ0n) is 15.1. The van der Waals surface area contributed by atoms with E-state index in [0.29, 0.717) is 28.9 Å². The highest BCUT2D eigenvalue weighted by Crippen LogP contribution is 2.27. The van der Waals surface area contributed by atoms with Gasteiger partial charge in [-0.1, -0.05) is 22.9 Å². The molecule has 1 atom stereocenters. The molecule has 0 saturated carbocycles. The minimum atomic E-state index is -0.419. The number of carbonyl (C=O) groups excluding carboxylic acids is 2. The number of anilines is 1. The van der Waals surface area contributed by atoms with Gasteiger partial charge >= 0.3 is 0 Å². The van der Waals surface area contributed by atoms with Gasteiger partial charge in [0.15, 0.2) is 5.13 Å². The van der Waals surface area contributed by atoms with Crippen molar-refractivity contribution in [2.45, 2.75) is 19.4 Å². The van der Waals surface area contributed by atoms with Crippen molar-refractivity contribution in [3.05, 3.63) is 33.4 Å². The van der Waals surface area contributed by atoms with E-state index >= 15 is 0 Å². The number of aryl methyl sites for hydroxylation is 1. The van der Waals surface area contributed by atoms with Crippen LogP contribution in [-0.2, 0) is 4.74 Å². The molecule has 2 amide bonds. The maximum absolute atomic E-state index is 12.4. The normalized spacial score (nSPS) is 16.2. The van der Waals surface area contributed by atoms with Crippen LogP contribution in [0.15, 0.2) is 12.3 Å². The lowest BCUT2D eigenvalue weighted by atomic mass is 10.2. The molecule has 3 rings (SSSR count). The molecule has 10 heteroatoms. The molecule has 1 N–H and O–H groups in total. The molecule has 27 heavy (non-hydrogen) atoms. The number of aromatic nitrogens is 2. The number of hydrogen-bond acceptors (Lipinski definition) is 7. The van der Waals surface area contributed by atoms with E-state index < -0.39 is 5.91 Å². The average Bonchev–Trinajstić information content (AvgIpc) is 3.25. The molecule has 1 fully saturated rings. The predicted octanol–water partition coefficient (Wildman–Crippen LogP) is 2.62. The fourth-order valence-corrected chi connectivity index (χ4v) is 3.61. The van der Waals surface area contributed by atoms with Crippen LogP contribution in [-0.4, -0.2) is 60.1 Å². The molecule has 0 aromatic carbocycles. The van der Waals surface area contributed by atoms with Gasteiger partial charge in [-0.3, -0.25) is 14.9 Å². The van der Waals surface area contributed by atoms with E-state index in [1.165, 1.54) is 17.2 Å². The Morgan fingerprint density at radius 2 is 2.22 bits per heavy atom. The second-order valence-electron chi connectivity index (χ2n) is 6.20. The van der Waals surface area contributed by atoms with Crippen LogP contribution in [0, 0.1) is 6.92 Å². The minimum Gasteiger partial charge on any atom is -0.471 e. The number of carbonyl (C=O) groups is 2. The summed E-state index contributed by atoms with van der Waals surface area (Å²) >= 11 is 7.31. The number of nitrogens with zero attached hydrogens (tertiary/aromatic N) is 3. The van der Waals surface area contributed by atoms with Crippen molar-refractivity contribution >= 4 is 39.9 Å². The van der Waals surface area contributed by atoms with Gasteiger partial charge in [0.25, 0.3) is 11.8 Å². The van der Waals surface area contributed by atoms with Crippen molar-refractivity contribution in [1.29, 1.82) is 0 Å². The number of ether oxygens (including phenoxy) is 2. The maximum Gasteiger partial charge on any atom is 0.265 e. The minimum absolute atomic E-state index is 0.0828. The number of hydrogen-bond donors (Lipinski definition) is 1. The summed E-state index contributed by atoms with van der Waals surface area (Å²) in [6.45, 7) is 2.87. The Hall–Kier alpha value is -2.23. The van der Waals surface area contributed by atoms with Gasteiger partial charge in [-0.15, -0.1) is 0 Å². The number of nitrogens with one attached hydrogen (secondary N) is 1. The van der Waals surface area contributed by atoms with Crippen molar-refractivity contribution in [3.63, 3.8) is 0 Å². The van der Waals surface area contributed by atoms with Crippen LogP contribution in [0.3, 0.4) is 0 Å². The van der Waals surface area contributed by atoms with Crippen molar-refractivity contribution in [1.82, 2.24) is 14.9 Å². The van der Waals surface area contributed by atoms with Crippen LogP contribution in [0.5, 0.6) is 5.88 Å². The first-order chi connectivity index (χ1) is 12.8. The molecule has 8 nitrogen and oxygen atoms in total. The van der Waals surface area contributed by atoms with Crippen molar-refractivity contribution in [3.8, 4) is 5.88 Å². The summed E-state index contributed by atoms with van der Waals surface area (Å²) in [5.41, 5.74) is 0.830. The zero-order valence-corrected chi connectivity index (χ0v) is 16.7. The number of amides is 2. The Bertz CT molecular complexity index is 865. The summed E-state index contributed by atoms with van der Waals surface area (Å²) < 4.78 is 10.9. The number of halogens is 1. The molecule has 0 aliphatic carbocycles. The van der Waals surface area contributed by atoms with Crippen LogP contribution in [0.4, 0.5) is 5.13 Å². The number of thiazole rings is 1. The lowest BCUT2D eigenvalue weighted by Crippen LogP contribution is -2.21. The Morgan fingerprint density at radius 3 is 2.85 bits per heavy atom. The summed E-state index contributed by atoms with van der Waals surface area (Å²) in [7, 11) is 3.32. The first kappa shape index (κ1) is 19.5. The molecule has 144 valence electrons. The second kappa shape index (κ2) is 8.20. The van der Waals surface area contributed by atoms with Crippen molar-refractivity contribution in [2.75, 3.05) is 32.6 Å². The summed E-state index contributed by atoms with van der Waals surface area (Å²) in [6, 6.07) is 1.49. The summed E-state index contributed by atoms with van der Waals surface area (Å²) in [4.78, 5) is 34.8. The zero-order chi connectivity index (χ0) is 19.6. The van der Waals surface area contributed by atoms with Crippen LogP contribution in [0.1, 0.15) is 32.1 Å². The van der Waals surface area contributed by atoms with Gasteiger partial charge in [-0.05, 0) is 13.0 Å². The highest BCUT2D eigenvalue weighted by Gasteiger charge is 2.21. The highest BCUT2D eigenvalue weighted by molar-refractivity contribution is 7.17. The molecule has 1 aliphatic rings. The second-order valence-corrected chi connectivity index (χ2v) is 7.61. The van der Waals surface area contributed by atoms with E-state index in [1.54, 1.807) is 21.0 Å². The molecule has 1 saturated heterocycles. The molecular weight excluding hydrogens is 392 g/mol. The number of rotatable bonds is 5. The SMILES string of the molecule is Cc1nc(NC(=O)c2cnc(O[C@H]3CCOC3)c(Cl)c2)sc1C(=O)N(C)C. The number of pyridine rings is 1. The van der Waals surface area contributed by atoms with E-state index in [1.807, 2.05) is 0 Å². The van der Waals surface area contributed by atoms with E-state index in [0.717, 1.165) is 17.8 Å². The van der Waals surface area contributed by atoms with Gasteiger partial charge in [-0.2, -0.15) is 0 Å². The van der Waals surface area contributed by atoms with Gasteiger partial charge in [-0.25, -0.2) is 9.97 Å². The largest absolute Gasteiger partial charge is 0.471 e. The molecule has 2 aromatic rings. The van der Waals surface area contributed by atoms with Gasteiger partial charge < -0.3 is 14.4 Å². The molecule has 0 radical (unpaired) electrons. The lowest BCUT2D eigenvalue weighted by Gasteiger charge is -2.12. The third-order valence-electron chi connectivity index (χ3n) is 3.85. The van der Waals surface area contributed by atoms with Gasteiger partial charge in [0.2, 0.25) is 5.88 Å². The maximum atomic E-state index is 12.4. The molecule has 1 aliphatic heterocycles. The van der Waals surface area contributed by atoms with E-state index in [2.05, 4.69) is 15.3 Å². The predicted molar refractivity (Wildman–Crippen MR) is 102 cm³/mol. The standard InChI is InChI=1S/C17H19ClN4O4S/c1-9-13(16(24)22(2)3)27-17(20-9)21-14(23)10-6-12(18)15(19-7-10)26-11-4-5-25-8-11/h6-7,11H,4-5,8H2,1-3H3,(H,20,21,23)/t11-/m0/s1. The van der Waals surface area contributed by atoms with Crippen LogP contribution in [0.2, 0.25) is 5.02 Å². The smallest absolute Gasteiger partial charge is 0.265 e. The fourth-order valence-electron chi connectivity index (χ4n) is 2.42. The molecular formula is C17H19ClN4O4S. The van der Waals surface area contributed by atoms with Crippen LogP contribution < -0.4 is 10.1 Å². The molecule has 3 heterocycles. The quantitative estimate of drug-likeness (QED) is 0.814. The summed E-state index contributed by atoms with van der Waals surface area (Å²) in [5, 5.41) is 3.25. The third-order valence-corrected chi connectivity index (χ3v) is 5.18. The molecule has 2 aromatic heterocycles. The van der Waals surface area contributed by atoms with Gasteiger partial charge in [0.1, 0.15) is 16.0 Å². The fraction of sp³-hybridized carbons (Fsp3) is 0.412. The van der Waals surface area contributed by atoms with E-state index in [4.69, 9.17) is 21.1 Å². The Balaban J connectivity index is 1.70.